The molecule has 39 heavy (non-hydrogen) atoms. The van der Waals surface area contributed by atoms with E-state index in [9.17, 15) is 23.3 Å². The monoisotopic (exact) mass is 547 g/mol. The van der Waals surface area contributed by atoms with E-state index in [0.29, 0.717) is 17.0 Å². The quantitative estimate of drug-likeness (QED) is 0.255. The Morgan fingerprint density at radius 3 is 2.21 bits per heavy atom. The summed E-state index contributed by atoms with van der Waals surface area (Å²) in [6, 6.07) is 21.9. The number of benzene rings is 3. The van der Waals surface area contributed by atoms with Crippen LogP contribution in [0.15, 0.2) is 90.0 Å². The van der Waals surface area contributed by atoms with Crippen LogP contribution in [0.1, 0.15) is 10.4 Å². The Bertz CT molecular complexity index is 1610. The predicted molar refractivity (Wildman–Crippen MR) is 143 cm³/mol. The van der Waals surface area contributed by atoms with Gasteiger partial charge in [0, 0.05) is 44.0 Å². The molecule has 11 nitrogen and oxygen atoms in total. The largest absolute Gasteiger partial charge is 0.497 e. The second-order valence-corrected chi connectivity index (χ2v) is 10.7. The first-order valence-corrected chi connectivity index (χ1v) is 13.6. The first kappa shape index (κ1) is 26.1. The minimum atomic E-state index is -4.12. The highest BCUT2D eigenvalue weighted by Gasteiger charge is 2.35. The van der Waals surface area contributed by atoms with Crippen LogP contribution in [0, 0.1) is 10.1 Å². The molecule has 0 N–H and O–H groups in total. The molecule has 5 rings (SSSR count). The van der Waals surface area contributed by atoms with Crippen molar-refractivity contribution in [3.8, 4) is 22.7 Å². The Balaban J connectivity index is 1.41. The molecule has 0 saturated carbocycles. The maximum Gasteiger partial charge on any atom is 0.289 e. The van der Waals surface area contributed by atoms with E-state index < -0.39 is 20.6 Å². The number of hydrogen-bond donors (Lipinski definition) is 0. The van der Waals surface area contributed by atoms with Gasteiger partial charge in [-0.2, -0.15) is 9.40 Å². The second kappa shape index (κ2) is 10.7. The van der Waals surface area contributed by atoms with Crippen LogP contribution in [0.25, 0.3) is 16.9 Å². The molecule has 0 bridgehead atoms. The van der Waals surface area contributed by atoms with Gasteiger partial charge in [0.15, 0.2) is 4.90 Å². The third-order valence-corrected chi connectivity index (χ3v) is 8.48. The van der Waals surface area contributed by atoms with Crippen LogP contribution in [0.4, 0.5) is 5.69 Å². The van der Waals surface area contributed by atoms with Gasteiger partial charge in [0.2, 0.25) is 10.0 Å². The number of ether oxygens (including phenoxy) is 1. The summed E-state index contributed by atoms with van der Waals surface area (Å²) in [4.78, 5) is 25.6. The Morgan fingerprint density at radius 2 is 1.56 bits per heavy atom. The van der Waals surface area contributed by atoms with Crippen molar-refractivity contribution >= 4 is 21.6 Å². The average molecular weight is 548 g/mol. The Labute approximate surface area is 225 Å². The lowest BCUT2D eigenvalue weighted by atomic mass is 10.1. The van der Waals surface area contributed by atoms with Gasteiger partial charge in [0.1, 0.15) is 11.4 Å². The van der Waals surface area contributed by atoms with Crippen molar-refractivity contribution in [3.05, 3.63) is 101 Å². The fourth-order valence-electron chi connectivity index (χ4n) is 4.47. The zero-order chi connectivity index (χ0) is 27.6. The molecule has 1 aliphatic rings. The number of nitro groups is 1. The van der Waals surface area contributed by atoms with E-state index in [1.807, 2.05) is 42.5 Å². The third-order valence-electron chi connectivity index (χ3n) is 6.53. The zero-order valence-corrected chi connectivity index (χ0v) is 21.8. The van der Waals surface area contributed by atoms with E-state index in [1.165, 1.54) is 22.5 Å². The summed E-state index contributed by atoms with van der Waals surface area (Å²) in [5.41, 5.74) is 1.90. The van der Waals surface area contributed by atoms with E-state index in [2.05, 4.69) is 0 Å². The van der Waals surface area contributed by atoms with Crippen molar-refractivity contribution in [2.75, 3.05) is 33.3 Å². The molecular weight excluding hydrogens is 522 g/mol. The van der Waals surface area contributed by atoms with E-state index in [0.717, 1.165) is 17.3 Å². The Morgan fingerprint density at radius 1 is 0.923 bits per heavy atom. The first-order chi connectivity index (χ1) is 18.8. The number of carbonyl (C=O) groups excluding carboxylic acids is 1. The fraction of sp³-hybridized carbons (Fsp3) is 0.185. The van der Waals surface area contributed by atoms with Gasteiger partial charge in [0.05, 0.1) is 23.3 Å². The minimum absolute atomic E-state index is 0.00478. The lowest BCUT2D eigenvalue weighted by Crippen LogP contribution is -2.50. The molecule has 1 fully saturated rings. The number of carbonyl (C=O) groups is 1. The summed E-state index contributed by atoms with van der Waals surface area (Å²) in [5.74, 6) is 0.385. The highest BCUT2D eigenvalue weighted by Crippen LogP contribution is 2.29. The fourth-order valence-corrected chi connectivity index (χ4v) is 6.05. The van der Waals surface area contributed by atoms with Gasteiger partial charge in [-0.25, -0.2) is 13.1 Å². The predicted octanol–water partition coefficient (Wildman–Crippen LogP) is 3.60. The summed E-state index contributed by atoms with van der Waals surface area (Å²) < 4.78 is 34.5. The summed E-state index contributed by atoms with van der Waals surface area (Å²) in [7, 11) is -2.54. The molecule has 12 heteroatoms. The van der Waals surface area contributed by atoms with Gasteiger partial charge in [-0.3, -0.25) is 14.9 Å². The van der Waals surface area contributed by atoms with Crippen molar-refractivity contribution < 1.29 is 22.9 Å². The van der Waals surface area contributed by atoms with Crippen molar-refractivity contribution in [3.63, 3.8) is 0 Å². The Kier molecular flexibility index (Phi) is 7.13. The van der Waals surface area contributed by atoms with Crippen LogP contribution in [-0.2, 0) is 10.0 Å². The van der Waals surface area contributed by atoms with Gasteiger partial charge in [0.25, 0.3) is 11.6 Å². The number of piperazine rings is 1. The average Bonchev–Trinajstić information content (AvgIpc) is 3.43. The van der Waals surface area contributed by atoms with Gasteiger partial charge in [-0.05, 0) is 42.5 Å². The molecule has 0 atom stereocenters. The second-order valence-electron chi connectivity index (χ2n) is 8.82. The van der Waals surface area contributed by atoms with Crippen LogP contribution >= 0.6 is 0 Å². The van der Waals surface area contributed by atoms with Crippen molar-refractivity contribution in [2.24, 2.45) is 0 Å². The van der Waals surface area contributed by atoms with Crippen LogP contribution in [0.2, 0.25) is 0 Å². The molecule has 200 valence electrons. The molecular formula is C27H25N5O6S. The van der Waals surface area contributed by atoms with Crippen LogP contribution in [-0.4, -0.2) is 71.5 Å². The van der Waals surface area contributed by atoms with Crippen LogP contribution in [0.3, 0.4) is 0 Å². The van der Waals surface area contributed by atoms with Crippen molar-refractivity contribution in [1.82, 2.24) is 19.0 Å². The van der Waals surface area contributed by atoms with Gasteiger partial charge in [-0.15, -0.1) is 0 Å². The molecule has 0 radical (unpaired) electrons. The molecule has 0 unspecified atom stereocenters. The number of hydrogen-bond acceptors (Lipinski definition) is 7. The summed E-state index contributed by atoms with van der Waals surface area (Å²) in [5, 5.41) is 16.1. The highest BCUT2D eigenvalue weighted by molar-refractivity contribution is 7.89. The number of aromatic nitrogens is 2. The van der Waals surface area contributed by atoms with E-state index >= 15 is 0 Å². The number of para-hydroxylation sites is 2. The smallest absolute Gasteiger partial charge is 0.289 e. The molecule has 3 aromatic carbocycles. The Hall–Kier alpha value is -4.55. The van der Waals surface area contributed by atoms with Crippen molar-refractivity contribution in [1.29, 1.82) is 0 Å². The number of amides is 1. The number of rotatable bonds is 7. The maximum absolute atomic E-state index is 13.7. The molecule has 0 spiro atoms. The van der Waals surface area contributed by atoms with Gasteiger partial charge >= 0.3 is 0 Å². The zero-order valence-electron chi connectivity index (χ0n) is 21.0. The molecule has 2 heterocycles. The SMILES string of the molecule is COc1ccc(-c2nn(-c3ccccc3)cc2C(=O)N2CCN(S(=O)(=O)c3ccccc3[N+](=O)[O-])CC2)cc1. The van der Waals surface area contributed by atoms with Crippen molar-refractivity contribution in [2.45, 2.75) is 4.90 Å². The summed E-state index contributed by atoms with van der Waals surface area (Å²) in [6.45, 7) is 0.254. The number of nitrogens with zero attached hydrogens (tertiary/aromatic N) is 5. The lowest BCUT2D eigenvalue weighted by Gasteiger charge is -2.33. The maximum atomic E-state index is 13.7. The number of methoxy groups -OCH3 is 1. The third kappa shape index (κ3) is 5.11. The molecule has 1 amide bonds. The molecule has 1 aromatic heterocycles. The first-order valence-electron chi connectivity index (χ1n) is 12.1. The van der Waals surface area contributed by atoms with Gasteiger partial charge in [-0.1, -0.05) is 30.3 Å². The standard InChI is InChI=1S/C27H25N5O6S/c1-38-22-13-11-20(12-14-22)26-23(19-31(28-26)21-7-3-2-4-8-21)27(33)29-15-17-30(18-16-29)39(36,37)25-10-6-5-9-24(25)32(34)35/h2-14,19H,15-18H2,1H3. The number of sulfonamides is 1. The van der Waals surface area contributed by atoms with Gasteiger partial charge < -0.3 is 9.64 Å². The van der Waals surface area contributed by atoms with E-state index in [1.54, 1.807) is 35.0 Å². The normalized spacial score (nSPS) is 14.2. The minimum Gasteiger partial charge on any atom is -0.497 e. The summed E-state index contributed by atoms with van der Waals surface area (Å²) >= 11 is 0. The van der Waals surface area contributed by atoms with E-state index in [4.69, 9.17) is 9.84 Å². The topological polar surface area (TPSA) is 128 Å². The molecule has 4 aromatic rings. The summed E-state index contributed by atoms with van der Waals surface area (Å²) in [6.07, 6.45) is 1.67. The molecule has 1 saturated heterocycles. The molecule has 1 aliphatic heterocycles. The van der Waals surface area contributed by atoms with E-state index in [-0.39, 0.29) is 37.0 Å². The van der Waals surface area contributed by atoms with Crippen LogP contribution in [0.5, 0.6) is 5.75 Å². The molecule has 0 aliphatic carbocycles. The number of nitro benzene ring substituents is 1. The lowest BCUT2D eigenvalue weighted by molar-refractivity contribution is -0.387. The highest BCUT2D eigenvalue weighted by atomic mass is 32.2. The van der Waals surface area contributed by atoms with Crippen LogP contribution < -0.4 is 4.74 Å².